The van der Waals surface area contributed by atoms with Gasteiger partial charge in [-0.1, -0.05) is 19.4 Å². The van der Waals surface area contributed by atoms with Gasteiger partial charge in [-0.3, -0.25) is 4.99 Å². The fourth-order valence-electron chi connectivity index (χ4n) is 2.04. The first-order valence-corrected chi connectivity index (χ1v) is 8.97. The number of nitrogens with one attached hydrogen (secondary N) is 2. The first-order chi connectivity index (χ1) is 11.7. The Morgan fingerprint density at radius 2 is 2.08 bits per heavy atom. The van der Waals surface area contributed by atoms with Crippen LogP contribution in [-0.2, 0) is 13.1 Å². The predicted octanol–water partition coefficient (Wildman–Crippen LogP) is 3.51. The van der Waals surface area contributed by atoms with Gasteiger partial charge in [-0.25, -0.2) is 9.97 Å². The van der Waals surface area contributed by atoms with Gasteiger partial charge in [0.2, 0.25) is 5.88 Å². The zero-order valence-electron chi connectivity index (χ0n) is 14.9. The zero-order chi connectivity index (χ0) is 17.2. The largest absolute Gasteiger partial charge is 0.477 e. The number of halogens is 1. The van der Waals surface area contributed by atoms with Gasteiger partial charge in [0.05, 0.1) is 13.2 Å². The van der Waals surface area contributed by atoms with Gasteiger partial charge in [-0.2, -0.15) is 0 Å². The molecular formula is C17H26IN5OS. The van der Waals surface area contributed by atoms with Gasteiger partial charge < -0.3 is 15.4 Å². The van der Waals surface area contributed by atoms with E-state index in [0.29, 0.717) is 25.6 Å². The number of pyridine rings is 1. The molecule has 138 valence electrons. The number of nitrogens with zero attached hydrogens (tertiary/aromatic N) is 3. The van der Waals surface area contributed by atoms with Gasteiger partial charge in [0.25, 0.3) is 0 Å². The topological polar surface area (TPSA) is 71.4 Å². The number of aryl methyl sites for hydroxylation is 1. The lowest BCUT2D eigenvalue weighted by Gasteiger charge is -2.13. The Morgan fingerprint density at radius 3 is 2.76 bits per heavy atom. The molecule has 6 nitrogen and oxygen atoms in total. The number of ether oxygens (including phenoxy) is 1. The molecule has 2 aromatic heterocycles. The summed E-state index contributed by atoms with van der Waals surface area (Å²) in [4.78, 5) is 14.1. The van der Waals surface area contributed by atoms with E-state index >= 15 is 0 Å². The number of aliphatic imine (C=N–C) groups is 1. The maximum atomic E-state index is 5.76. The maximum Gasteiger partial charge on any atom is 0.218 e. The Hall–Kier alpha value is -1.42. The van der Waals surface area contributed by atoms with E-state index in [1.165, 1.54) is 4.88 Å². The molecule has 2 N–H and O–H groups in total. The first-order valence-electron chi connectivity index (χ1n) is 8.15. The van der Waals surface area contributed by atoms with Gasteiger partial charge in [0.1, 0.15) is 5.01 Å². The van der Waals surface area contributed by atoms with Gasteiger partial charge in [-0.05, 0) is 19.4 Å². The van der Waals surface area contributed by atoms with Gasteiger partial charge >= 0.3 is 0 Å². The monoisotopic (exact) mass is 475 g/mol. The molecule has 0 aliphatic rings. The number of aromatic nitrogens is 2. The van der Waals surface area contributed by atoms with Crippen molar-refractivity contribution in [2.45, 2.75) is 39.8 Å². The summed E-state index contributed by atoms with van der Waals surface area (Å²) < 4.78 is 5.76. The van der Waals surface area contributed by atoms with Crippen LogP contribution in [0.1, 0.15) is 35.2 Å². The lowest BCUT2D eigenvalue weighted by Crippen LogP contribution is -2.36. The summed E-state index contributed by atoms with van der Waals surface area (Å²) in [5, 5.41) is 7.60. The van der Waals surface area contributed by atoms with Gasteiger partial charge in [0, 0.05) is 36.4 Å². The van der Waals surface area contributed by atoms with Crippen molar-refractivity contribution in [3.8, 4) is 5.88 Å². The van der Waals surface area contributed by atoms with Crippen LogP contribution in [0.4, 0.5) is 0 Å². The Kier molecular flexibility index (Phi) is 10.4. The Labute approximate surface area is 170 Å². The molecule has 0 radical (unpaired) electrons. The molecule has 25 heavy (non-hydrogen) atoms. The lowest BCUT2D eigenvalue weighted by molar-refractivity contribution is 0.294. The van der Waals surface area contributed by atoms with E-state index in [9.17, 15) is 0 Å². The minimum atomic E-state index is 0. The van der Waals surface area contributed by atoms with E-state index in [1.807, 2.05) is 18.3 Å². The number of thiazole rings is 1. The van der Waals surface area contributed by atoms with Crippen LogP contribution in [0.5, 0.6) is 5.88 Å². The lowest BCUT2D eigenvalue weighted by atomic mass is 10.2. The first kappa shape index (κ1) is 21.6. The molecule has 0 amide bonds. The molecule has 0 aliphatic heterocycles. The quantitative estimate of drug-likeness (QED) is 0.265. The zero-order valence-corrected chi connectivity index (χ0v) is 18.1. The van der Waals surface area contributed by atoms with Crippen LogP contribution in [0.15, 0.2) is 29.5 Å². The van der Waals surface area contributed by atoms with E-state index in [0.717, 1.165) is 29.4 Å². The number of hydrogen-bond acceptors (Lipinski definition) is 5. The van der Waals surface area contributed by atoms with Crippen molar-refractivity contribution >= 4 is 41.3 Å². The van der Waals surface area contributed by atoms with Crippen LogP contribution in [-0.4, -0.2) is 29.6 Å². The van der Waals surface area contributed by atoms with Crippen molar-refractivity contribution in [2.75, 3.05) is 13.7 Å². The smallest absolute Gasteiger partial charge is 0.218 e. The van der Waals surface area contributed by atoms with Crippen LogP contribution >= 0.6 is 35.3 Å². The summed E-state index contributed by atoms with van der Waals surface area (Å²) in [5.74, 6) is 1.41. The van der Waals surface area contributed by atoms with Gasteiger partial charge in [-0.15, -0.1) is 35.3 Å². The molecule has 0 saturated heterocycles. The van der Waals surface area contributed by atoms with E-state index in [2.05, 4.69) is 39.4 Å². The molecule has 2 aromatic rings. The fraction of sp³-hybridized carbons (Fsp3) is 0.471. The van der Waals surface area contributed by atoms with Crippen molar-refractivity contribution < 1.29 is 4.74 Å². The van der Waals surface area contributed by atoms with Crippen molar-refractivity contribution in [3.05, 3.63) is 40.0 Å². The minimum Gasteiger partial charge on any atom is -0.477 e. The second-order valence-corrected chi connectivity index (χ2v) is 6.63. The summed E-state index contributed by atoms with van der Waals surface area (Å²) in [6.45, 7) is 6.15. The molecule has 2 heterocycles. The van der Waals surface area contributed by atoms with Crippen molar-refractivity contribution in [2.24, 2.45) is 4.99 Å². The van der Waals surface area contributed by atoms with E-state index in [-0.39, 0.29) is 24.0 Å². The number of unbranched alkanes of at least 4 members (excludes halogenated alkanes) is 1. The van der Waals surface area contributed by atoms with E-state index in [4.69, 9.17) is 4.74 Å². The van der Waals surface area contributed by atoms with Gasteiger partial charge in [0.15, 0.2) is 5.96 Å². The highest BCUT2D eigenvalue weighted by Crippen LogP contribution is 2.14. The van der Waals surface area contributed by atoms with Crippen LogP contribution in [0.3, 0.4) is 0 Å². The van der Waals surface area contributed by atoms with Crippen molar-refractivity contribution in [1.29, 1.82) is 0 Å². The molecule has 8 heteroatoms. The standard InChI is InChI=1S/C17H25N5OS.HI/c1-4-5-9-23-16-14(7-6-8-19-16)11-21-17(18-3)22-12-15-20-10-13(2)24-15;/h6-8,10H,4-5,9,11-12H2,1-3H3,(H2,18,21,22);1H. The third-order valence-electron chi connectivity index (χ3n) is 3.33. The van der Waals surface area contributed by atoms with E-state index < -0.39 is 0 Å². The molecule has 0 bridgehead atoms. The molecule has 0 fully saturated rings. The average Bonchev–Trinajstić information content (AvgIpc) is 3.02. The molecule has 0 aromatic carbocycles. The Bertz CT molecular complexity index is 662. The summed E-state index contributed by atoms with van der Waals surface area (Å²) in [6, 6.07) is 3.93. The van der Waals surface area contributed by atoms with E-state index in [1.54, 1.807) is 24.6 Å². The maximum absolute atomic E-state index is 5.76. The molecular weight excluding hydrogens is 449 g/mol. The fourth-order valence-corrected chi connectivity index (χ4v) is 2.77. The summed E-state index contributed by atoms with van der Waals surface area (Å²) in [5.41, 5.74) is 1.02. The summed E-state index contributed by atoms with van der Waals surface area (Å²) in [6.07, 6.45) is 5.77. The predicted molar refractivity (Wildman–Crippen MR) is 114 cm³/mol. The van der Waals surface area contributed by atoms with Crippen LogP contribution in [0.25, 0.3) is 0 Å². The Morgan fingerprint density at radius 1 is 1.28 bits per heavy atom. The molecule has 0 spiro atoms. The SMILES string of the molecule is CCCCOc1ncccc1CNC(=NC)NCc1ncc(C)s1.I. The highest BCUT2D eigenvalue weighted by atomic mass is 127. The summed E-state index contributed by atoms with van der Waals surface area (Å²) in [7, 11) is 1.75. The molecule has 0 saturated carbocycles. The van der Waals surface area contributed by atoms with Crippen molar-refractivity contribution in [3.63, 3.8) is 0 Å². The molecule has 0 atom stereocenters. The van der Waals surface area contributed by atoms with Crippen molar-refractivity contribution in [1.82, 2.24) is 20.6 Å². The van der Waals surface area contributed by atoms with Crippen LogP contribution < -0.4 is 15.4 Å². The number of hydrogen-bond donors (Lipinski definition) is 2. The van der Waals surface area contributed by atoms with Crippen LogP contribution in [0.2, 0.25) is 0 Å². The minimum absolute atomic E-state index is 0. The highest BCUT2D eigenvalue weighted by Gasteiger charge is 2.06. The number of guanidine groups is 1. The molecule has 2 rings (SSSR count). The normalized spacial score (nSPS) is 10.9. The van der Waals surface area contributed by atoms with Crippen LogP contribution in [0, 0.1) is 6.92 Å². The summed E-state index contributed by atoms with van der Waals surface area (Å²) >= 11 is 1.68. The molecule has 0 aliphatic carbocycles. The Balaban J connectivity index is 0.00000312. The second-order valence-electron chi connectivity index (χ2n) is 5.31. The average molecular weight is 475 g/mol. The molecule has 0 unspecified atom stereocenters. The third kappa shape index (κ3) is 7.55. The third-order valence-corrected chi connectivity index (χ3v) is 4.25. The number of rotatable bonds is 8. The highest BCUT2D eigenvalue weighted by molar-refractivity contribution is 14.0. The second kappa shape index (κ2) is 12.0.